The van der Waals surface area contributed by atoms with E-state index < -0.39 is 0 Å². The zero-order chi connectivity index (χ0) is 7.40. The van der Waals surface area contributed by atoms with Gasteiger partial charge in [0.15, 0.2) is 5.82 Å². The van der Waals surface area contributed by atoms with Crippen molar-refractivity contribution in [1.29, 1.82) is 0 Å². The smallest absolute Gasteiger partial charge is 0.151 e. The van der Waals surface area contributed by atoms with Gasteiger partial charge in [-0.15, -0.1) is 5.10 Å². The van der Waals surface area contributed by atoms with Gasteiger partial charge in [-0.05, 0) is 16.8 Å². The number of aromatic amines is 1. The van der Waals surface area contributed by atoms with E-state index in [0.29, 0.717) is 12.2 Å². The summed E-state index contributed by atoms with van der Waals surface area (Å²) in [6.07, 6.45) is 0.580. The van der Waals surface area contributed by atoms with E-state index in [-0.39, 0.29) is 12.5 Å². The summed E-state index contributed by atoms with van der Waals surface area (Å²) in [6, 6.07) is 0. The number of H-pyrrole nitrogens is 1. The molecule has 1 rings (SSSR count). The number of nitrogens with zero attached hydrogens (tertiary/aromatic N) is 3. The maximum absolute atomic E-state index is 10.2. The molecule has 0 aromatic carbocycles. The fourth-order valence-corrected chi connectivity index (χ4v) is 0.689. The molecule has 1 aromatic heterocycles. The molecular weight excluding hydrogens is 132 g/mol. The lowest BCUT2D eigenvalue weighted by atomic mass is 10.1. The highest BCUT2D eigenvalue weighted by atomic mass is 16.3. The van der Waals surface area contributed by atoms with Crippen LogP contribution in [-0.4, -0.2) is 27.2 Å². The van der Waals surface area contributed by atoms with E-state index in [4.69, 9.17) is 0 Å². The summed E-state index contributed by atoms with van der Waals surface area (Å²) in [5, 5.41) is 23.2. The molecule has 1 N–H and O–H groups in total. The Morgan fingerprint density at radius 3 is 3.00 bits per heavy atom. The van der Waals surface area contributed by atoms with E-state index in [1.165, 1.54) is 0 Å². The number of hydrogen-bond acceptors (Lipinski definition) is 3. The SMILES string of the molecule is CC(CC[O])c1nnn[nH]1. The number of aromatic nitrogens is 4. The van der Waals surface area contributed by atoms with Gasteiger partial charge in [0.1, 0.15) is 0 Å². The Morgan fingerprint density at radius 2 is 2.50 bits per heavy atom. The van der Waals surface area contributed by atoms with Crippen LogP contribution in [0.15, 0.2) is 0 Å². The van der Waals surface area contributed by atoms with Crippen LogP contribution in [0.5, 0.6) is 0 Å². The van der Waals surface area contributed by atoms with E-state index in [0.717, 1.165) is 0 Å². The second-order valence-corrected chi connectivity index (χ2v) is 2.18. The van der Waals surface area contributed by atoms with Gasteiger partial charge in [0, 0.05) is 5.92 Å². The summed E-state index contributed by atoms with van der Waals surface area (Å²) in [5.41, 5.74) is 0. The van der Waals surface area contributed by atoms with Crippen LogP contribution in [0, 0.1) is 0 Å². The Labute approximate surface area is 58.5 Å². The quantitative estimate of drug-likeness (QED) is 0.649. The standard InChI is InChI=1S/C5H9N4O/c1-4(2-3-10)5-6-8-9-7-5/h4H,2-3H2,1H3,(H,6,7,8,9). The molecular formula is C5H9N4O. The van der Waals surface area contributed by atoms with Crippen LogP contribution in [-0.2, 0) is 5.11 Å². The van der Waals surface area contributed by atoms with Gasteiger partial charge in [-0.1, -0.05) is 6.92 Å². The molecule has 0 aliphatic carbocycles. The van der Waals surface area contributed by atoms with Crippen molar-refractivity contribution in [1.82, 2.24) is 20.6 Å². The maximum Gasteiger partial charge on any atom is 0.151 e. The Kier molecular flexibility index (Phi) is 2.33. The highest BCUT2D eigenvalue weighted by Gasteiger charge is 2.07. The van der Waals surface area contributed by atoms with Crippen LogP contribution in [0.2, 0.25) is 0 Å². The van der Waals surface area contributed by atoms with Gasteiger partial charge in [0.25, 0.3) is 0 Å². The number of hydrogen-bond donors (Lipinski definition) is 1. The first-order chi connectivity index (χ1) is 4.84. The van der Waals surface area contributed by atoms with Crippen molar-refractivity contribution in [2.45, 2.75) is 19.3 Å². The van der Waals surface area contributed by atoms with Crippen molar-refractivity contribution >= 4 is 0 Å². The fourth-order valence-electron chi connectivity index (χ4n) is 0.689. The third-order valence-corrected chi connectivity index (χ3v) is 1.38. The molecule has 5 nitrogen and oxygen atoms in total. The summed E-state index contributed by atoms with van der Waals surface area (Å²) in [7, 11) is 0. The predicted molar refractivity (Wildman–Crippen MR) is 32.8 cm³/mol. The van der Waals surface area contributed by atoms with E-state index in [2.05, 4.69) is 20.6 Å². The molecule has 5 heteroatoms. The number of rotatable bonds is 3. The lowest BCUT2D eigenvalue weighted by Gasteiger charge is -2.00. The second-order valence-electron chi connectivity index (χ2n) is 2.18. The highest BCUT2D eigenvalue weighted by molar-refractivity contribution is 4.86. The minimum absolute atomic E-state index is 0.0815. The third kappa shape index (κ3) is 1.51. The minimum atomic E-state index is -0.0815. The lowest BCUT2D eigenvalue weighted by molar-refractivity contribution is 0.182. The van der Waals surface area contributed by atoms with Crippen molar-refractivity contribution < 1.29 is 5.11 Å². The first-order valence-electron chi connectivity index (χ1n) is 3.16. The van der Waals surface area contributed by atoms with Gasteiger partial charge in [-0.2, -0.15) is 0 Å². The molecule has 0 aliphatic heterocycles. The van der Waals surface area contributed by atoms with Gasteiger partial charge >= 0.3 is 0 Å². The topological polar surface area (TPSA) is 74.4 Å². The summed E-state index contributed by atoms with van der Waals surface area (Å²) in [4.78, 5) is 0. The molecule has 10 heavy (non-hydrogen) atoms. The Bertz CT molecular complexity index is 174. The normalized spacial score (nSPS) is 13.4. The minimum Gasteiger partial charge on any atom is -0.243 e. The van der Waals surface area contributed by atoms with Crippen molar-refractivity contribution in [3.05, 3.63) is 5.82 Å². The summed E-state index contributed by atoms with van der Waals surface area (Å²) in [5.74, 6) is 0.836. The first-order valence-corrected chi connectivity index (χ1v) is 3.16. The molecule has 0 amide bonds. The van der Waals surface area contributed by atoms with Gasteiger partial charge in [-0.3, -0.25) is 0 Å². The Hall–Kier alpha value is -0.970. The zero-order valence-electron chi connectivity index (χ0n) is 5.74. The van der Waals surface area contributed by atoms with E-state index in [1.54, 1.807) is 0 Å². The molecule has 0 saturated carbocycles. The Morgan fingerprint density at radius 1 is 1.70 bits per heavy atom. The number of nitrogens with one attached hydrogen (secondary N) is 1. The van der Waals surface area contributed by atoms with Crippen LogP contribution in [0.25, 0.3) is 0 Å². The molecule has 1 heterocycles. The monoisotopic (exact) mass is 141 g/mol. The van der Waals surface area contributed by atoms with Crippen molar-refractivity contribution in [2.75, 3.05) is 6.61 Å². The summed E-state index contributed by atoms with van der Waals surface area (Å²) >= 11 is 0. The zero-order valence-corrected chi connectivity index (χ0v) is 5.74. The first kappa shape index (κ1) is 7.14. The molecule has 0 spiro atoms. The molecule has 1 atom stereocenters. The van der Waals surface area contributed by atoms with E-state index in [1.807, 2.05) is 6.92 Å². The molecule has 0 saturated heterocycles. The second kappa shape index (κ2) is 3.26. The molecule has 55 valence electrons. The van der Waals surface area contributed by atoms with Crippen LogP contribution >= 0.6 is 0 Å². The summed E-state index contributed by atoms with van der Waals surface area (Å²) < 4.78 is 0. The third-order valence-electron chi connectivity index (χ3n) is 1.38. The number of tetrazole rings is 1. The average molecular weight is 141 g/mol. The van der Waals surface area contributed by atoms with Crippen LogP contribution < -0.4 is 0 Å². The van der Waals surface area contributed by atoms with Crippen LogP contribution in [0.4, 0.5) is 0 Å². The molecule has 1 aromatic rings. The van der Waals surface area contributed by atoms with Gasteiger partial charge in [0.2, 0.25) is 0 Å². The van der Waals surface area contributed by atoms with Crippen LogP contribution in [0.3, 0.4) is 0 Å². The van der Waals surface area contributed by atoms with Gasteiger partial charge in [0.05, 0.1) is 6.61 Å². The molecule has 1 unspecified atom stereocenters. The van der Waals surface area contributed by atoms with Crippen molar-refractivity contribution in [2.24, 2.45) is 0 Å². The summed E-state index contributed by atoms with van der Waals surface area (Å²) in [6.45, 7) is 1.84. The molecule has 0 bridgehead atoms. The van der Waals surface area contributed by atoms with Crippen molar-refractivity contribution in [3.8, 4) is 0 Å². The lowest BCUT2D eigenvalue weighted by Crippen LogP contribution is -1.98. The molecule has 0 aliphatic rings. The Balaban J connectivity index is 2.50. The van der Waals surface area contributed by atoms with E-state index in [9.17, 15) is 5.11 Å². The van der Waals surface area contributed by atoms with Gasteiger partial charge in [-0.25, -0.2) is 10.2 Å². The predicted octanol–water partition coefficient (Wildman–Crippen LogP) is 0.124. The van der Waals surface area contributed by atoms with Gasteiger partial charge < -0.3 is 0 Å². The molecule has 0 fully saturated rings. The largest absolute Gasteiger partial charge is 0.243 e. The van der Waals surface area contributed by atoms with Crippen molar-refractivity contribution in [3.63, 3.8) is 0 Å². The fraction of sp³-hybridized carbons (Fsp3) is 0.800. The average Bonchev–Trinajstić information content (AvgIpc) is 2.38. The van der Waals surface area contributed by atoms with E-state index >= 15 is 0 Å². The highest BCUT2D eigenvalue weighted by Crippen LogP contribution is 2.11. The van der Waals surface area contributed by atoms with Crippen LogP contribution in [0.1, 0.15) is 25.1 Å². The molecule has 1 radical (unpaired) electrons. The maximum atomic E-state index is 10.2.